The van der Waals surface area contributed by atoms with Crippen LogP contribution >= 0.6 is 11.6 Å². The molecule has 2 aromatic rings. The van der Waals surface area contributed by atoms with Crippen LogP contribution < -0.4 is 11.1 Å². The number of amides is 1. The standard InChI is InChI=1S/C14H14ClN3O2/c15-11-7-6-10(17-12(19)8-16)13(18-11)14(20)9-4-2-1-3-5-9/h1-7,14,20H,8,16H2,(H,17,19). The Bertz CT molecular complexity index is 605. The minimum Gasteiger partial charge on any atom is -0.382 e. The number of aliphatic hydroxyl groups is 1. The lowest BCUT2D eigenvalue weighted by molar-refractivity contribution is -0.114. The highest BCUT2D eigenvalue weighted by Gasteiger charge is 2.18. The molecule has 1 unspecified atom stereocenters. The van der Waals surface area contributed by atoms with Gasteiger partial charge < -0.3 is 16.2 Å². The van der Waals surface area contributed by atoms with E-state index in [1.54, 1.807) is 30.3 Å². The van der Waals surface area contributed by atoms with Crippen LogP contribution in [-0.2, 0) is 4.79 Å². The number of nitrogens with two attached hydrogens (primary N) is 1. The second-order valence-corrected chi connectivity index (χ2v) is 4.52. The summed E-state index contributed by atoms with van der Waals surface area (Å²) in [6.07, 6.45) is -0.983. The summed E-state index contributed by atoms with van der Waals surface area (Å²) in [7, 11) is 0. The fraction of sp³-hybridized carbons (Fsp3) is 0.143. The molecule has 1 atom stereocenters. The van der Waals surface area contributed by atoms with Gasteiger partial charge in [0.1, 0.15) is 11.3 Å². The number of hydrogen-bond donors (Lipinski definition) is 3. The first-order valence-corrected chi connectivity index (χ1v) is 6.39. The molecule has 1 aromatic carbocycles. The molecule has 0 bridgehead atoms. The predicted molar refractivity (Wildman–Crippen MR) is 77.4 cm³/mol. The van der Waals surface area contributed by atoms with Crippen molar-refractivity contribution in [2.75, 3.05) is 11.9 Å². The zero-order valence-corrected chi connectivity index (χ0v) is 11.3. The van der Waals surface area contributed by atoms with Gasteiger partial charge in [0.2, 0.25) is 5.91 Å². The smallest absolute Gasteiger partial charge is 0.238 e. The summed E-state index contributed by atoms with van der Waals surface area (Å²) in [6, 6.07) is 12.1. The number of aromatic nitrogens is 1. The van der Waals surface area contributed by atoms with Crippen LogP contribution in [0.15, 0.2) is 42.5 Å². The summed E-state index contributed by atoms with van der Waals surface area (Å²) in [5, 5.41) is 13.2. The third-order valence-corrected chi connectivity index (χ3v) is 2.94. The van der Waals surface area contributed by atoms with Crippen LogP contribution in [0.3, 0.4) is 0 Å². The van der Waals surface area contributed by atoms with E-state index in [9.17, 15) is 9.90 Å². The lowest BCUT2D eigenvalue weighted by Gasteiger charge is -2.15. The average Bonchev–Trinajstić information content (AvgIpc) is 2.49. The zero-order chi connectivity index (χ0) is 14.5. The second-order valence-electron chi connectivity index (χ2n) is 4.13. The highest BCUT2D eigenvalue weighted by Crippen LogP contribution is 2.28. The lowest BCUT2D eigenvalue weighted by Crippen LogP contribution is -2.23. The molecule has 0 fully saturated rings. The quantitative estimate of drug-likeness (QED) is 0.748. The molecule has 1 heterocycles. The first-order chi connectivity index (χ1) is 9.61. The molecule has 1 aromatic heterocycles. The SMILES string of the molecule is NCC(=O)Nc1ccc(Cl)nc1C(O)c1ccccc1. The summed E-state index contributed by atoms with van der Waals surface area (Å²) >= 11 is 5.86. The third kappa shape index (κ3) is 3.33. The van der Waals surface area contributed by atoms with E-state index in [0.29, 0.717) is 11.3 Å². The third-order valence-electron chi connectivity index (χ3n) is 2.72. The molecule has 20 heavy (non-hydrogen) atoms. The van der Waals surface area contributed by atoms with E-state index in [-0.39, 0.29) is 23.3 Å². The Balaban J connectivity index is 2.38. The van der Waals surface area contributed by atoms with Gasteiger partial charge >= 0.3 is 0 Å². The van der Waals surface area contributed by atoms with Gasteiger partial charge in [0.05, 0.1) is 17.9 Å². The maximum atomic E-state index is 11.4. The molecule has 0 aliphatic rings. The van der Waals surface area contributed by atoms with E-state index in [2.05, 4.69) is 10.3 Å². The Kier molecular flexibility index (Phi) is 4.68. The van der Waals surface area contributed by atoms with Crippen LogP contribution in [0, 0.1) is 0 Å². The Hall–Kier alpha value is -1.95. The van der Waals surface area contributed by atoms with Crippen LogP contribution in [0.5, 0.6) is 0 Å². The van der Waals surface area contributed by atoms with Gasteiger partial charge in [-0.15, -0.1) is 0 Å². The largest absolute Gasteiger partial charge is 0.382 e. The molecule has 104 valence electrons. The number of carbonyl (C=O) groups excluding carboxylic acids is 1. The molecule has 0 aliphatic heterocycles. The molecule has 5 nitrogen and oxygen atoms in total. The van der Waals surface area contributed by atoms with Gasteiger partial charge in [0.25, 0.3) is 0 Å². The highest BCUT2D eigenvalue weighted by molar-refractivity contribution is 6.29. The Labute approximate surface area is 121 Å². The van der Waals surface area contributed by atoms with E-state index >= 15 is 0 Å². The summed E-state index contributed by atoms with van der Waals surface area (Å²) in [4.78, 5) is 15.5. The Morgan fingerprint density at radius 2 is 2.00 bits per heavy atom. The number of pyridine rings is 1. The highest BCUT2D eigenvalue weighted by atomic mass is 35.5. The number of carbonyl (C=O) groups is 1. The fourth-order valence-electron chi connectivity index (χ4n) is 1.76. The first kappa shape index (κ1) is 14.5. The lowest BCUT2D eigenvalue weighted by atomic mass is 10.0. The van der Waals surface area contributed by atoms with E-state index in [1.807, 2.05) is 6.07 Å². The summed E-state index contributed by atoms with van der Waals surface area (Å²) in [6.45, 7) is -0.149. The van der Waals surface area contributed by atoms with Crippen LogP contribution in [0.4, 0.5) is 5.69 Å². The number of rotatable bonds is 4. The molecule has 0 saturated carbocycles. The van der Waals surface area contributed by atoms with Crippen molar-refractivity contribution in [1.82, 2.24) is 4.98 Å². The molecule has 0 saturated heterocycles. The molecule has 2 rings (SSSR count). The molecule has 6 heteroatoms. The molecule has 0 aliphatic carbocycles. The molecular weight excluding hydrogens is 278 g/mol. The molecular formula is C14H14ClN3O2. The van der Waals surface area contributed by atoms with Crippen molar-refractivity contribution in [3.8, 4) is 0 Å². The van der Waals surface area contributed by atoms with Crippen molar-refractivity contribution in [3.05, 3.63) is 58.9 Å². The van der Waals surface area contributed by atoms with Gasteiger partial charge in [-0.1, -0.05) is 41.9 Å². The molecule has 0 radical (unpaired) electrons. The number of benzene rings is 1. The minimum absolute atomic E-state index is 0.149. The van der Waals surface area contributed by atoms with Crippen molar-refractivity contribution in [3.63, 3.8) is 0 Å². The Morgan fingerprint density at radius 1 is 1.30 bits per heavy atom. The predicted octanol–water partition coefficient (Wildman–Crippen LogP) is 1.71. The first-order valence-electron chi connectivity index (χ1n) is 6.01. The molecule has 1 amide bonds. The van der Waals surface area contributed by atoms with Crippen LogP contribution in [0.2, 0.25) is 5.15 Å². The van der Waals surface area contributed by atoms with Crippen LogP contribution in [0.25, 0.3) is 0 Å². The maximum Gasteiger partial charge on any atom is 0.238 e. The average molecular weight is 292 g/mol. The van der Waals surface area contributed by atoms with E-state index in [1.165, 1.54) is 6.07 Å². The number of nitrogens with one attached hydrogen (secondary N) is 1. The topological polar surface area (TPSA) is 88.2 Å². The van der Waals surface area contributed by atoms with Crippen molar-refractivity contribution >= 4 is 23.2 Å². The Morgan fingerprint density at radius 3 is 2.65 bits per heavy atom. The maximum absolute atomic E-state index is 11.4. The van der Waals surface area contributed by atoms with Gasteiger partial charge in [-0.25, -0.2) is 4.98 Å². The van der Waals surface area contributed by atoms with Crippen LogP contribution in [0.1, 0.15) is 17.4 Å². The van der Waals surface area contributed by atoms with E-state index in [4.69, 9.17) is 17.3 Å². The van der Waals surface area contributed by atoms with Crippen molar-refractivity contribution in [2.45, 2.75) is 6.10 Å². The van der Waals surface area contributed by atoms with Crippen molar-refractivity contribution < 1.29 is 9.90 Å². The number of halogens is 1. The second kappa shape index (κ2) is 6.47. The minimum atomic E-state index is -0.983. The van der Waals surface area contributed by atoms with Gasteiger partial charge in [0, 0.05) is 0 Å². The summed E-state index contributed by atoms with van der Waals surface area (Å²) in [5.74, 6) is -0.365. The number of nitrogens with zero attached hydrogens (tertiary/aromatic N) is 1. The summed E-state index contributed by atoms with van der Waals surface area (Å²) < 4.78 is 0. The number of hydrogen-bond acceptors (Lipinski definition) is 4. The zero-order valence-electron chi connectivity index (χ0n) is 10.6. The van der Waals surface area contributed by atoms with Gasteiger partial charge in [-0.05, 0) is 17.7 Å². The molecule has 0 spiro atoms. The van der Waals surface area contributed by atoms with Crippen molar-refractivity contribution in [2.24, 2.45) is 5.73 Å². The van der Waals surface area contributed by atoms with E-state index < -0.39 is 6.10 Å². The number of aliphatic hydroxyl groups excluding tert-OH is 1. The fourth-order valence-corrected chi connectivity index (χ4v) is 1.91. The van der Waals surface area contributed by atoms with Gasteiger partial charge in [0.15, 0.2) is 0 Å². The molecule has 4 N–H and O–H groups in total. The number of anilines is 1. The monoisotopic (exact) mass is 291 g/mol. The van der Waals surface area contributed by atoms with Crippen LogP contribution in [-0.4, -0.2) is 22.5 Å². The summed E-state index contributed by atoms with van der Waals surface area (Å²) in [5.41, 5.74) is 6.60. The van der Waals surface area contributed by atoms with Crippen molar-refractivity contribution in [1.29, 1.82) is 0 Å². The van der Waals surface area contributed by atoms with Gasteiger partial charge in [-0.3, -0.25) is 4.79 Å². The van der Waals surface area contributed by atoms with E-state index in [0.717, 1.165) is 0 Å². The normalized spacial score (nSPS) is 11.9. The van der Waals surface area contributed by atoms with Gasteiger partial charge in [-0.2, -0.15) is 0 Å².